The van der Waals surface area contributed by atoms with Gasteiger partial charge in [-0.2, -0.15) is 0 Å². The topological polar surface area (TPSA) is 72.2 Å². The van der Waals surface area contributed by atoms with Crippen LogP contribution in [0.4, 0.5) is 5.69 Å². The van der Waals surface area contributed by atoms with E-state index in [2.05, 4.69) is 33.0 Å². The lowest BCUT2D eigenvalue weighted by Crippen LogP contribution is -2.25. The van der Waals surface area contributed by atoms with Gasteiger partial charge in [-0.15, -0.1) is 0 Å². The molecule has 4 nitrogen and oxygen atoms in total. The Morgan fingerprint density at radius 2 is 1.63 bits per heavy atom. The zero-order chi connectivity index (χ0) is 14.6. The van der Waals surface area contributed by atoms with Gasteiger partial charge in [0.05, 0.1) is 5.69 Å². The van der Waals surface area contributed by atoms with Crippen molar-refractivity contribution in [2.75, 3.05) is 11.9 Å². The van der Waals surface area contributed by atoms with Crippen LogP contribution in [0.1, 0.15) is 27.7 Å². The van der Waals surface area contributed by atoms with E-state index in [1.807, 2.05) is 0 Å². The number of para-hydroxylation sites is 1. The summed E-state index contributed by atoms with van der Waals surface area (Å²) in [7, 11) is -3.68. The smallest absolute Gasteiger partial charge is 0.240 e. The quantitative estimate of drug-likeness (QED) is 0.843. The highest BCUT2D eigenvalue weighted by Crippen LogP contribution is 2.24. The number of hydrogen-bond acceptors (Lipinski definition) is 3. The molecule has 0 heterocycles. The number of rotatable bonds is 6. The maximum Gasteiger partial charge on any atom is 0.240 e. The Morgan fingerprint density at radius 1 is 1.11 bits per heavy atom. The summed E-state index contributed by atoms with van der Waals surface area (Å²) in [4.78, 5) is 0.154. The van der Waals surface area contributed by atoms with Crippen LogP contribution >= 0.6 is 0 Å². The molecule has 0 aromatic heterocycles. The van der Waals surface area contributed by atoms with E-state index in [0.29, 0.717) is 23.4 Å². The molecule has 0 unspecified atom stereocenters. The summed E-state index contributed by atoms with van der Waals surface area (Å²) >= 11 is 0. The molecule has 0 amide bonds. The van der Waals surface area contributed by atoms with Gasteiger partial charge in [-0.3, -0.25) is 0 Å². The van der Waals surface area contributed by atoms with Crippen molar-refractivity contribution in [3.8, 4) is 0 Å². The highest BCUT2D eigenvalue weighted by atomic mass is 32.2. The number of sulfonamides is 1. The zero-order valence-electron chi connectivity index (χ0n) is 12.1. The molecule has 3 N–H and O–H groups in total. The number of primary sulfonamides is 1. The molecular weight excluding hydrogens is 260 g/mol. The van der Waals surface area contributed by atoms with E-state index in [0.717, 1.165) is 6.54 Å². The van der Waals surface area contributed by atoms with Crippen molar-refractivity contribution in [1.82, 2.24) is 0 Å². The number of benzene rings is 1. The van der Waals surface area contributed by atoms with E-state index in [9.17, 15) is 8.42 Å². The predicted molar refractivity (Wildman–Crippen MR) is 79.5 cm³/mol. The maximum absolute atomic E-state index is 11.5. The van der Waals surface area contributed by atoms with Crippen molar-refractivity contribution < 1.29 is 8.42 Å². The van der Waals surface area contributed by atoms with Crippen LogP contribution in [0, 0.1) is 17.8 Å². The van der Waals surface area contributed by atoms with Crippen LogP contribution in [0.5, 0.6) is 0 Å². The fourth-order valence-corrected chi connectivity index (χ4v) is 3.04. The molecule has 0 aliphatic carbocycles. The first kappa shape index (κ1) is 16.0. The van der Waals surface area contributed by atoms with Gasteiger partial charge < -0.3 is 5.32 Å². The normalized spacial score (nSPS) is 12.4. The van der Waals surface area contributed by atoms with Crippen LogP contribution in [0.25, 0.3) is 0 Å². The minimum atomic E-state index is -3.68. The molecule has 0 radical (unpaired) electrons. The van der Waals surface area contributed by atoms with Crippen molar-refractivity contribution in [3.05, 3.63) is 24.3 Å². The first-order chi connectivity index (χ1) is 8.73. The second-order valence-corrected chi connectivity index (χ2v) is 7.10. The summed E-state index contributed by atoms with van der Waals surface area (Å²) in [5.41, 5.74) is 0.580. The van der Waals surface area contributed by atoms with Gasteiger partial charge in [-0.1, -0.05) is 39.8 Å². The molecule has 0 saturated heterocycles. The van der Waals surface area contributed by atoms with Crippen LogP contribution in [-0.2, 0) is 10.0 Å². The van der Waals surface area contributed by atoms with Gasteiger partial charge in [-0.05, 0) is 29.9 Å². The van der Waals surface area contributed by atoms with E-state index in [1.165, 1.54) is 6.07 Å². The van der Waals surface area contributed by atoms with E-state index in [1.54, 1.807) is 18.2 Å². The second-order valence-electron chi connectivity index (χ2n) is 5.57. The molecule has 0 aliphatic heterocycles. The van der Waals surface area contributed by atoms with Gasteiger partial charge >= 0.3 is 0 Å². The van der Waals surface area contributed by atoms with Crippen molar-refractivity contribution in [2.24, 2.45) is 22.9 Å². The summed E-state index contributed by atoms with van der Waals surface area (Å²) in [6.07, 6.45) is 0. The number of nitrogens with one attached hydrogen (secondary N) is 1. The fourth-order valence-electron chi connectivity index (χ4n) is 2.33. The van der Waals surface area contributed by atoms with Gasteiger partial charge in [0.25, 0.3) is 0 Å². The third-order valence-electron chi connectivity index (χ3n) is 3.43. The first-order valence-electron chi connectivity index (χ1n) is 6.59. The van der Waals surface area contributed by atoms with Crippen molar-refractivity contribution in [2.45, 2.75) is 32.6 Å². The highest BCUT2D eigenvalue weighted by molar-refractivity contribution is 7.89. The molecule has 1 rings (SSSR count). The molecule has 0 aliphatic rings. The van der Waals surface area contributed by atoms with E-state index in [4.69, 9.17) is 5.14 Å². The number of anilines is 1. The SMILES string of the molecule is CC(C)C(CNc1ccccc1S(N)(=O)=O)C(C)C. The lowest BCUT2D eigenvalue weighted by molar-refractivity contribution is 0.304. The average Bonchev–Trinajstić information content (AvgIpc) is 2.27. The van der Waals surface area contributed by atoms with Crippen LogP contribution in [0.2, 0.25) is 0 Å². The zero-order valence-corrected chi connectivity index (χ0v) is 12.9. The molecule has 0 saturated carbocycles. The predicted octanol–water partition coefficient (Wildman–Crippen LogP) is 2.67. The van der Waals surface area contributed by atoms with Crippen LogP contribution in [-0.4, -0.2) is 15.0 Å². The highest BCUT2D eigenvalue weighted by Gasteiger charge is 2.19. The summed E-state index contributed by atoms with van der Waals surface area (Å²) in [5.74, 6) is 1.55. The Labute approximate surface area is 116 Å². The van der Waals surface area contributed by atoms with Crippen LogP contribution in [0.3, 0.4) is 0 Å². The van der Waals surface area contributed by atoms with Crippen molar-refractivity contribution in [1.29, 1.82) is 0 Å². The number of hydrogen-bond donors (Lipinski definition) is 2. The Balaban J connectivity index is 2.89. The number of nitrogens with two attached hydrogens (primary N) is 1. The third kappa shape index (κ3) is 4.51. The molecule has 5 heteroatoms. The fraction of sp³-hybridized carbons (Fsp3) is 0.571. The summed E-state index contributed by atoms with van der Waals surface area (Å²) in [5, 5.41) is 8.44. The molecule has 108 valence electrons. The van der Waals surface area contributed by atoms with Gasteiger partial charge in [0, 0.05) is 6.54 Å². The molecule has 0 bridgehead atoms. The van der Waals surface area contributed by atoms with E-state index < -0.39 is 10.0 Å². The van der Waals surface area contributed by atoms with Gasteiger partial charge in [0.2, 0.25) is 10.0 Å². The standard InChI is InChI=1S/C14H24N2O2S/c1-10(2)12(11(3)4)9-16-13-7-5-6-8-14(13)19(15,17)18/h5-8,10-12,16H,9H2,1-4H3,(H2,15,17,18). The lowest BCUT2D eigenvalue weighted by Gasteiger charge is -2.26. The largest absolute Gasteiger partial charge is 0.384 e. The molecule has 0 spiro atoms. The van der Waals surface area contributed by atoms with Crippen LogP contribution in [0.15, 0.2) is 29.2 Å². The van der Waals surface area contributed by atoms with Gasteiger partial charge in [0.1, 0.15) is 4.90 Å². The summed E-state index contributed by atoms with van der Waals surface area (Å²) in [6, 6.07) is 6.75. The average molecular weight is 284 g/mol. The molecular formula is C14H24N2O2S. The van der Waals surface area contributed by atoms with E-state index in [-0.39, 0.29) is 4.90 Å². The van der Waals surface area contributed by atoms with Crippen LogP contribution < -0.4 is 10.5 Å². The molecule has 19 heavy (non-hydrogen) atoms. The van der Waals surface area contributed by atoms with Gasteiger partial charge in [0.15, 0.2) is 0 Å². The molecule has 1 aromatic carbocycles. The lowest BCUT2D eigenvalue weighted by atomic mass is 9.85. The van der Waals surface area contributed by atoms with E-state index >= 15 is 0 Å². The Kier molecular flexibility index (Phi) is 5.38. The minimum absolute atomic E-state index is 0.154. The molecule has 0 fully saturated rings. The Bertz CT molecular complexity index is 502. The monoisotopic (exact) mass is 284 g/mol. The first-order valence-corrected chi connectivity index (χ1v) is 8.13. The van der Waals surface area contributed by atoms with Crippen molar-refractivity contribution in [3.63, 3.8) is 0 Å². The summed E-state index contributed by atoms with van der Waals surface area (Å²) < 4.78 is 23.0. The van der Waals surface area contributed by atoms with Gasteiger partial charge in [-0.25, -0.2) is 13.6 Å². The minimum Gasteiger partial charge on any atom is -0.384 e. The molecule has 0 atom stereocenters. The second kappa shape index (κ2) is 6.39. The Hall–Kier alpha value is -1.07. The van der Waals surface area contributed by atoms with Crippen molar-refractivity contribution >= 4 is 15.7 Å². The third-order valence-corrected chi connectivity index (χ3v) is 4.40. The summed E-state index contributed by atoms with van der Waals surface area (Å²) in [6.45, 7) is 9.45. The Morgan fingerprint density at radius 3 is 2.11 bits per heavy atom. The maximum atomic E-state index is 11.5. The molecule has 1 aromatic rings.